The lowest BCUT2D eigenvalue weighted by atomic mass is 9.78. The third kappa shape index (κ3) is 10.5. The maximum absolute atomic E-state index is 13.3. The number of benzene rings is 2. The van der Waals surface area contributed by atoms with Crippen LogP contribution in [0, 0.1) is 71.0 Å². The Kier molecular flexibility index (Phi) is 16.6. The number of anilines is 2. The van der Waals surface area contributed by atoms with E-state index < -0.39 is 0 Å². The van der Waals surface area contributed by atoms with Crippen LogP contribution in [0.3, 0.4) is 0 Å². The van der Waals surface area contributed by atoms with Gasteiger partial charge in [0.15, 0.2) is 0 Å². The van der Waals surface area contributed by atoms with Crippen LogP contribution in [-0.2, 0) is 19.2 Å². The molecule has 4 amide bonds. The van der Waals surface area contributed by atoms with Gasteiger partial charge in [-0.05, 0) is 185 Å². The second-order valence-corrected chi connectivity index (χ2v) is 25.2. The van der Waals surface area contributed by atoms with Crippen LogP contribution in [0.2, 0.25) is 0 Å². The molecule has 9 aliphatic rings. The average molecular weight is 1030 g/mol. The van der Waals surface area contributed by atoms with Gasteiger partial charge in [0, 0.05) is 63.1 Å². The Morgan fingerprint density at radius 2 is 0.973 bits per heavy atom. The van der Waals surface area contributed by atoms with E-state index in [1.165, 1.54) is 105 Å². The molecule has 6 aliphatic carbocycles. The number of likely N-dealkylation sites (tertiary alicyclic amines) is 2. The van der Waals surface area contributed by atoms with Gasteiger partial charge in [-0.25, -0.2) is 0 Å². The van der Waals surface area contributed by atoms with Crippen LogP contribution in [0.4, 0.5) is 11.6 Å². The second kappa shape index (κ2) is 23.1. The number of imide groups is 2. The molecule has 73 heavy (non-hydrogen) atoms. The van der Waals surface area contributed by atoms with Crippen LogP contribution >= 0.6 is 23.1 Å². The highest BCUT2D eigenvalue weighted by atomic mass is 32.1. The largest absolute Gasteiger partial charge is 0.382 e. The molecule has 9 fully saturated rings. The number of fused-ring (bicyclic) bond motifs is 12. The van der Waals surface area contributed by atoms with Gasteiger partial charge in [0.1, 0.15) is 11.6 Å². The lowest BCUT2D eigenvalue weighted by Crippen LogP contribution is -2.49. The molecule has 396 valence electrons. The van der Waals surface area contributed by atoms with E-state index in [2.05, 4.69) is 57.2 Å². The van der Waals surface area contributed by atoms with Crippen molar-refractivity contribution in [3.8, 4) is 0 Å². The third-order valence-electron chi connectivity index (χ3n) is 19.5. The number of nitrogens with zero attached hydrogens (tertiary/aromatic N) is 7. The van der Waals surface area contributed by atoms with E-state index in [-0.39, 0.29) is 54.7 Å². The number of nitrogen functional groups attached to an aromatic ring is 1. The number of nitrogens with two attached hydrogens (primary N) is 1. The monoisotopic (exact) mass is 1030 g/mol. The zero-order valence-corrected chi connectivity index (χ0v) is 44.7. The van der Waals surface area contributed by atoms with Gasteiger partial charge in [-0.15, -0.1) is 0 Å². The van der Waals surface area contributed by atoms with Crippen LogP contribution < -0.4 is 10.6 Å². The summed E-state index contributed by atoms with van der Waals surface area (Å²) in [4.78, 5) is 63.9. The maximum atomic E-state index is 13.3. The molecule has 4 aromatic rings. The summed E-state index contributed by atoms with van der Waals surface area (Å²) >= 11 is 3.04. The Morgan fingerprint density at radius 1 is 0.548 bits per heavy atom. The van der Waals surface area contributed by atoms with Crippen LogP contribution in [0.1, 0.15) is 124 Å². The van der Waals surface area contributed by atoms with Crippen LogP contribution in [0.5, 0.6) is 0 Å². The molecule has 14 heteroatoms. The van der Waals surface area contributed by atoms with E-state index in [1.807, 2.05) is 24.3 Å². The number of carbonyl (C=O) groups is 4. The number of amides is 4. The Morgan fingerprint density at radius 3 is 1.47 bits per heavy atom. The van der Waals surface area contributed by atoms with Gasteiger partial charge in [0.25, 0.3) is 0 Å². The van der Waals surface area contributed by atoms with E-state index >= 15 is 0 Å². The zero-order chi connectivity index (χ0) is 49.5. The minimum atomic E-state index is 0. The van der Waals surface area contributed by atoms with Crippen LogP contribution in [-0.4, -0.2) is 117 Å². The van der Waals surface area contributed by atoms with Crippen molar-refractivity contribution in [2.24, 2.45) is 71.0 Å². The van der Waals surface area contributed by atoms with Crippen molar-refractivity contribution in [1.29, 1.82) is 0 Å². The van der Waals surface area contributed by atoms with Gasteiger partial charge in [0.2, 0.25) is 23.6 Å². The van der Waals surface area contributed by atoms with E-state index in [4.69, 9.17) is 10.1 Å². The van der Waals surface area contributed by atoms with Crippen LogP contribution in [0.15, 0.2) is 48.5 Å². The molecule has 6 saturated carbocycles. The standard InChI is InChI=1S/C28H36N4O2S.C23H38N2O2.C7H6N2S.CH4/c33-27-24-18-9-10-19(15-18)25(24)28(34)32(27)17-21-6-2-1-5-20(21)16-30-11-13-31(14-12-30)26-22-7-3-4-8-23(22)35-29-26;1-3-11-24(12-4-2)14-18-7-5-6-8-19(18)15-25-22(26)20-16-9-10-17(13-16)21(20)23(25)27;8-7-5-3-1-2-4-6(5)10-9-7;/h3-4,7-8,18-21,24-25H,1-2,5-6,9-17H2;16-21H,3-15H2,1-2H3;1-4H,(H2,8,9);1H4. The van der Waals surface area contributed by atoms with Gasteiger partial charge >= 0.3 is 0 Å². The molecule has 3 aliphatic heterocycles. The highest BCUT2D eigenvalue weighted by molar-refractivity contribution is 7.14. The summed E-state index contributed by atoms with van der Waals surface area (Å²) in [6.45, 7) is 14.7. The first-order valence-electron chi connectivity index (χ1n) is 28.5. The SMILES string of the molecule is C.CCCN(CCC)CC1CCCCC1CN1C(=O)C2C3CCC(C3)C2C1=O.Nc1nsc2ccccc12.O=C1C2C3CCC(C3)C2C(=O)N1CC1CCCCC1CN1CCN(c2nsc3ccccc23)CC1. The highest BCUT2D eigenvalue weighted by Crippen LogP contribution is 2.57. The highest BCUT2D eigenvalue weighted by Gasteiger charge is 2.62. The summed E-state index contributed by atoms with van der Waals surface area (Å²) in [7, 11) is 0. The molecule has 3 saturated heterocycles. The molecule has 12 unspecified atom stereocenters. The number of hydrogen-bond donors (Lipinski definition) is 1. The van der Waals surface area contributed by atoms with Crippen molar-refractivity contribution >= 4 is 78.5 Å². The van der Waals surface area contributed by atoms with Crippen molar-refractivity contribution in [1.82, 2.24) is 28.3 Å². The molecule has 2 N–H and O–H groups in total. The summed E-state index contributed by atoms with van der Waals surface area (Å²) in [5.74, 6) is 6.90. The first-order chi connectivity index (χ1) is 35.2. The van der Waals surface area contributed by atoms with Crippen molar-refractivity contribution in [3.63, 3.8) is 0 Å². The topological polar surface area (TPSA) is 136 Å². The van der Waals surface area contributed by atoms with E-state index in [0.29, 0.717) is 66.3 Å². The Labute approximate surface area is 443 Å². The second-order valence-electron chi connectivity index (χ2n) is 23.6. The van der Waals surface area contributed by atoms with Gasteiger partial charge in [-0.2, -0.15) is 8.75 Å². The number of aromatic nitrogens is 2. The summed E-state index contributed by atoms with van der Waals surface area (Å²) in [6.07, 6.45) is 19.3. The number of piperazine rings is 1. The fourth-order valence-corrected chi connectivity index (χ4v) is 17.5. The number of hydrogen-bond acceptors (Lipinski definition) is 12. The summed E-state index contributed by atoms with van der Waals surface area (Å²) in [5, 5.41) is 2.34. The fourth-order valence-electron chi connectivity index (χ4n) is 16.0. The van der Waals surface area contributed by atoms with Crippen molar-refractivity contribution in [2.75, 3.05) is 76.1 Å². The Bertz CT molecular complexity index is 2500. The number of rotatable bonds is 13. The first-order valence-corrected chi connectivity index (χ1v) is 30.1. The lowest BCUT2D eigenvalue weighted by Gasteiger charge is -2.40. The summed E-state index contributed by atoms with van der Waals surface area (Å²) in [6, 6.07) is 16.5. The third-order valence-corrected chi connectivity index (χ3v) is 21.2. The van der Waals surface area contributed by atoms with Crippen molar-refractivity contribution in [3.05, 3.63) is 48.5 Å². The van der Waals surface area contributed by atoms with Gasteiger partial charge in [0.05, 0.1) is 33.1 Å². The molecule has 2 aromatic carbocycles. The fraction of sp³-hybridized carbons (Fsp3) is 0.695. The molecule has 5 heterocycles. The predicted molar refractivity (Wildman–Crippen MR) is 296 cm³/mol. The molecule has 12 atom stereocenters. The quantitative estimate of drug-likeness (QED) is 0.129. The summed E-state index contributed by atoms with van der Waals surface area (Å²) in [5.41, 5.74) is 5.58. The molecule has 0 spiro atoms. The molecule has 12 nitrogen and oxygen atoms in total. The zero-order valence-electron chi connectivity index (χ0n) is 43.1. The molecule has 2 aromatic heterocycles. The molecule has 0 radical (unpaired) electrons. The molecule has 4 bridgehead atoms. The lowest BCUT2D eigenvalue weighted by molar-refractivity contribution is -0.143. The van der Waals surface area contributed by atoms with E-state index in [0.717, 1.165) is 87.3 Å². The molecular formula is C59H84N8O4S2. The first kappa shape index (κ1) is 52.5. The maximum Gasteiger partial charge on any atom is 0.233 e. The van der Waals surface area contributed by atoms with Gasteiger partial charge in [-0.1, -0.05) is 71.2 Å². The predicted octanol–water partition coefficient (Wildman–Crippen LogP) is 10.7. The van der Waals surface area contributed by atoms with Gasteiger partial charge < -0.3 is 15.5 Å². The minimum absolute atomic E-state index is 0. The molecule has 13 rings (SSSR count). The van der Waals surface area contributed by atoms with Gasteiger partial charge in [-0.3, -0.25) is 33.9 Å². The molecular weight excluding hydrogens is 949 g/mol. The minimum Gasteiger partial charge on any atom is -0.382 e. The Hall–Kier alpha value is -3.98. The van der Waals surface area contributed by atoms with Crippen molar-refractivity contribution in [2.45, 2.75) is 124 Å². The Balaban J connectivity index is 0.000000142. The number of carbonyl (C=O) groups excluding carboxylic acids is 4. The van der Waals surface area contributed by atoms with Crippen LogP contribution in [0.25, 0.3) is 20.2 Å². The van der Waals surface area contributed by atoms with E-state index in [1.54, 1.807) is 21.3 Å². The smallest absolute Gasteiger partial charge is 0.233 e. The van der Waals surface area contributed by atoms with Crippen molar-refractivity contribution < 1.29 is 19.2 Å². The normalized spacial score (nSPS) is 32.6. The average Bonchev–Trinajstić information content (AvgIpc) is 4.31. The summed E-state index contributed by atoms with van der Waals surface area (Å²) < 4.78 is 11.2. The van der Waals surface area contributed by atoms with E-state index in [9.17, 15) is 19.2 Å².